The molecule has 7 heteroatoms. The molecule has 2 aromatic rings. The van der Waals surface area contributed by atoms with Gasteiger partial charge in [0.2, 0.25) is 5.91 Å². The molecule has 1 fully saturated rings. The fourth-order valence-electron chi connectivity index (χ4n) is 5.05. The Bertz CT molecular complexity index is 1100. The zero-order chi connectivity index (χ0) is 22.3. The van der Waals surface area contributed by atoms with Gasteiger partial charge in [-0.15, -0.1) is 0 Å². The van der Waals surface area contributed by atoms with Crippen molar-refractivity contribution in [3.8, 4) is 5.75 Å². The summed E-state index contributed by atoms with van der Waals surface area (Å²) in [5.74, 6) is -0.189. The Morgan fingerprint density at radius 1 is 1.16 bits per heavy atom. The number of ether oxygens (including phenoxy) is 1. The predicted molar refractivity (Wildman–Crippen MR) is 118 cm³/mol. The normalized spacial score (nSPS) is 22.6. The summed E-state index contributed by atoms with van der Waals surface area (Å²) in [4.78, 5) is 39.8. The Labute approximate surface area is 187 Å². The molecule has 0 bridgehead atoms. The van der Waals surface area contributed by atoms with Crippen LogP contribution >= 0.6 is 0 Å². The Balaban J connectivity index is 1.29. The van der Waals surface area contributed by atoms with Crippen LogP contribution in [-0.4, -0.2) is 35.9 Å². The standard InChI is InChI=1S/C25H27N3O4/c1-16(18-11-10-17-6-2-3-7-19(17)14-18)26-22(29)15-28-23(30)25(27-24(28)31)12-13-32-21-9-5-4-8-20(21)25/h4-5,8-11,14,16H,2-3,6-7,12-13,15H2,1H3,(H,26,29)(H,27,31)/t16-,25-/m0/s1. The van der Waals surface area contributed by atoms with Crippen molar-refractivity contribution < 1.29 is 19.1 Å². The maximum atomic E-state index is 13.3. The maximum Gasteiger partial charge on any atom is 0.325 e. The number of rotatable bonds is 4. The molecule has 7 nitrogen and oxygen atoms in total. The molecular formula is C25H27N3O4. The minimum atomic E-state index is -1.17. The van der Waals surface area contributed by atoms with Gasteiger partial charge in [-0.25, -0.2) is 4.79 Å². The first-order chi connectivity index (χ1) is 15.5. The third kappa shape index (κ3) is 3.42. The van der Waals surface area contributed by atoms with E-state index in [9.17, 15) is 14.4 Å². The van der Waals surface area contributed by atoms with Gasteiger partial charge in [-0.3, -0.25) is 14.5 Å². The first kappa shape index (κ1) is 20.5. The smallest absolute Gasteiger partial charge is 0.325 e. The van der Waals surface area contributed by atoms with Gasteiger partial charge >= 0.3 is 6.03 Å². The van der Waals surface area contributed by atoms with Crippen LogP contribution in [0.15, 0.2) is 42.5 Å². The Morgan fingerprint density at radius 3 is 2.78 bits per heavy atom. The fourth-order valence-corrected chi connectivity index (χ4v) is 5.05. The molecular weight excluding hydrogens is 406 g/mol. The minimum Gasteiger partial charge on any atom is -0.493 e. The van der Waals surface area contributed by atoms with Crippen LogP contribution in [0.4, 0.5) is 4.79 Å². The summed E-state index contributed by atoms with van der Waals surface area (Å²) in [5, 5.41) is 5.77. The molecule has 2 aromatic carbocycles. The fraction of sp³-hybridized carbons (Fsp3) is 0.400. The first-order valence-corrected chi connectivity index (χ1v) is 11.3. The number of hydrogen-bond donors (Lipinski definition) is 2. The van der Waals surface area contributed by atoms with E-state index >= 15 is 0 Å². The lowest BCUT2D eigenvalue weighted by Gasteiger charge is -2.33. The van der Waals surface area contributed by atoms with Crippen LogP contribution in [0, 0.1) is 0 Å². The van der Waals surface area contributed by atoms with Crippen LogP contribution in [0.25, 0.3) is 0 Å². The van der Waals surface area contributed by atoms with E-state index < -0.39 is 17.5 Å². The zero-order valence-corrected chi connectivity index (χ0v) is 18.1. The van der Waals surface area contributed by atoms with Gasteiger partial charge in [0.1, 0.15) is 12.3 Å². The minimum absolute atomic E-state index is 0.215. The van der Waals surface area contributed by atoms with Crippen LogP contribution in [0.2, 0.25) is 0 Å². The van der Waals surface area contributed by atoms with Crippen molar-refractivity contribution >= 4 is 17.8 Å². The monoisotopic (exact) mass is 433 g/mol. The van der Waals surface area contributed by atoms with Gasteiger partial charge in [0.05, 0.1) is 12.6 Å². The molecule has 0 radical (unpaired) electrons. The summed E-state index contributed by atoms with van der Waals surface area (Å²) >= 11 is 0. The second-order valence-corrected chi connectivity index (χ2v) is 8.85. The van der Waals surface area contributed by atoms with Gasteiger partial charge in [-0.1, -0.05) is 36.4 Å². The molecule has 32 heavy (non-hydrogen) atoms. The lowest BCUT2D eigenvalue weighted by atomic mass is 9.84. The summed E-state index contributed by atoms with van der Waals surface area (Å²) in [6, 6.07) is 12.8. The molecule has 0 aromatic heterocycles. The summed E-state index contributed by atoms with van der Waals surface area (Å²) in [6.07, 6.45) is 4.93. The molecule has 166 valence electrons. The van der Waals surface area contributed by atoms with Crippen molar-refractivity contribution in [3.63, 3.8) is 0 Å². The van der Waals surface area contributed by atoms with Crippen molar-refractivity contribution in [2.75, 3.05) is 13.2 Å². The number of imide groups is 1. The number of hydrogen-bond acceptors (Lipinski definition) is 4. The highest BCUT2D eigenvalue weighted by Gasteiger charge is 2.55. The van der Waals surface area contributed by atoms with Gasteiger partial charge in [0.25, 0.3) is 5.91 Å². The molecule has 2 heterocycles. The quantitative estimate of drug-likeness (QED) is 0.726. The lowest BCUT2D eigenvalue weighted by molar-refractivity contribution is -0.136. The Morgan fingerprint density at radius 2 is 1.94 bits per heavy atom. The number of amides is 4. The number of nitrogens with one attached hydrogen (secondary N) is 2. The van der Waals surface area contributed by atoms with Gasteiger partial charge in [0, 0.05) is 12.0 Å². The Kier molecular flexibility index (Phi) is 5.12. The van der Waals surface area contributed by atoms with Gasteiger partial charge < -0.3 is 15.4 Å². The molecule has 2 aliphatic heterocycles. The van der Waals surface area contributed by atoms with Gasteiger partial charge in [-0.05, 0) is 55.4 Å². The van der Waals surface area contributed by atoms with E-state index in [1.54, 1.807) is 12.1 Å². The van der Waals surface area contributed by atoms with Crippen molar-refractivity contribution in [2.24, 2.45) is 0 Å². The molecule has 4 amide bonds. The van der Waals surface area contributed by atoms with E-state index in [2.05, 4.69) is 28.8 Å². The molecule has 1 spiro atoms. The number of para-hydroxylation sites is 1. The zero-order valence-electron chi connectivity index (χ0n) is 18.1. The topological polar surface area (TPSA) is 87.7 Å². The van der Waals surface area contributed by atoms with E-state index in [1.807, 2.05) is 19.1 Å². The molecule has 5 rings (SSSR count). The number of benzene rings is 2. The van der Waals surface area contributed by atoms with E-state index in [1.165, 1.54) is 24.0 Å². The predicted octanol–water partition coefficient (Wildman–Crippen LogP) is 2.97. The first-order valence-electron chi connectivity index (χ1n) is 11.3. The molecule has 0 saturated carbocycles. The molecule has 0 unspecified atom stereocenters. The van der Waals surface area contributed by atoms with Crippen LogP contribution in [-0.2, 0) is 28.0 Å². The van der Waals surface area contributed by atoms with Crippen LogP contribution < -0.4 is 15.4 Å². The second kappa shape index (κ2) is 7.97. The highest BCUT2D eigenvalue weighted by molar-refractivity contribution is 6.09. The number of fused-ring (bicyclic) bond motifs is 3. The third-order valence-corrected chi connectivity index (χ3v) is 6.81. The van der Waals surface area contributed by atoms with Gasteiger partial charge in [0.15, 0.2) is 5.54 Å². The number of nitrogens with zero attached hydrogens (tertiary/aromatic N) is 1. The largest absolute Gasteiger partial charge is 0.493 e. The number of carbonyl (C=O) groups excluding carboxylic acids is 3. The summed E-state index contributed by atoms with van der Waals surface area (Å²) < 4.78 is 5.65. The average molecular weight is 434 g/mol. The number of urea groups is 1. The van der Waals surface area contributed by atoms with E-state index in [0.29, 0.717) is 24.3 Å². The van der Waals surface area contributed by atoms with E-state index in [-0.39, 0.29) is 18.5 Å². The second-order valence-electron chi connectivity index (χ2n) is 8.85. The molecule has 2 N–H and O–H groups in total. The Hall–Kier alpha value is -3.35. The van der Waals surface area contributed by atoms with Crippen LogP contribution in [0.1, 0.15) is 54.5 Å². The maximum absolute atomic E-state index is 13.3. The van der Waals surface area contributed by atoms with Gasteiger partial charge in [-0.2, -0.15) is 0 Å². The molecule has 1 aliphatic carbocycles. The summed E-state index contributed by atoms with van der Waals surface area (Å²) in [5.41, 5.74) is 3.24. The van der Waals surface area contributed by atoms with Crippen LogP contribution in [0.3, 0.4) is 0 Å². The third-order valence-electron chi connectivity index (χ3n) is 6.81. The highest BCUT2D eigenvalue weighted by Crippen LogP contribution is 2.40. The lowest BCUT2D eigenvalue weighted by Crippen LogP contribution is -2.48. The van der Waals surface area contributed by atoms with Crippen molar-refractivity contribution in [2.45, 2.75) is 50.6 Å². The van der Waals surface area contributed by atoms with Crippen molar-refractivity contribution in [1.29, 1.82) is 0 Å². The van der Waals surface area contributed by atoms with Crippen molar-refractivity contribution in [1.82, 2.24) is 15.5 Å². The SMILES string of the molecule is C[C@H](NC(=O)CN1C(=O)N[C@]2(CCOc3ccccc32)C1=O)c1ccc2c(c1)CCCC2. The molecule has 3 aliphatic rings. The van der Waals surface area contributed by atoms with Crippen molar-refractivity contribution in [3.05, 3.63) is 64.7 Å². The van der Waals surface area contributed by atoms with E-state index in [0.717, 1.165) is 23.3 Å². The highest BCUT2D eigenvalue weighted by atomic mass is 16.5. The number of aryl methyl sites for hydroxylation is 2. The van der Waals surface area contributed by atoms with E-state index in [4.69, 9.17) is 4.74 Å². The van der Waals surface area contributed by atoms with Crippen LogP contribution in [0.5, 0.6) is 5.75 Å². The average Bonchev–Trinajstić information content (AvgIpc) is 3.03. The molecule has 2 atom stereocenters. The summed E-state index contributed by atoms with van der Waals surface area (Å²) in [6.45, 7) is 1.92. The summed E-state index contributed by atoms with van der Waals surface area (Å²) in [7, 11) is 0. The molecule has 1 saturated heterocycles. The number of carbonyl (C=O) groups is 3.